The molecule has 0 bridgehead atoms. The molecule has 1 unspecified atom stereocenters. The predicted molar refractivity (Wildman–Crippen MR) is 67.6 cm³/mol. The third kappa shape index (κ3) is 1.45. The molecule has 0 aromatic carbocycles. The Labute approximate surface area is 101 Å². The molecule has 0 radical (unpaired) electrons. The van der Waals surface area contributed by atoms with E-state index >= 15 is 0 Å². The summed E-state index contributed by atoms with van der Waals surface area (Å²) in [5.41, 5.74) is 7.96. The summed E-state index contributed by atoms with van der Waals surface area (Å²) in [4.78, 5) is 6.32. The summed E-state index contributed by atoms with van der Waals surface area (Å²) in [7, 11) is 0. The van der Waals surface area contributed by atoms with Gasteiger partial charge in [0.25, 0.3) is 0 Å². The number of hydrogen-bond donors (Lipinski definition) is 1. The first-order chi connectivity index (χ1) is 7.53. The first kappa shape index (κ1) is 10.7. The van der Waals surface area contributed by atoms with Crippen molar-refractivity contribution < 1.29 is 0 Å². The second-order valence-corrected chi connectivity index (χ2v) is 6.94. The lowest BCUT2D eigenvalue weighted by Crippen LogP contribution is -2.41. The van der Waals surface area contributed by atoms with E-state index < -0.39 is 0 Å². The van der Waals surface area contributed by atoms with Crippen LogP contribution in [0.3, 0.4) is 0 Å². The molecule has 0 aliphatic heterocycles. The second-order valence-electron chi connectivity index (χ2n) is 5.86. The zero-order valence-corrected chi connectivity index (χ0v) is 11.0. The van der Waals surface area contributed by atoms with E-state index in [1.54, 1.807) is 0 Å². The fraction of sp³-hybridized carbons (Fsp3) is 0.769. The number of nitrogens with two attached hydrogens (primary N) is 1. The topological polar surface area (TPSA) is 38.9 Å². The zero-order chi connectivity index (χ0) is 11.4. The molecule has 0 spiro atoms. The van der Waals surface area contributed by atoms with Crippen molar-refractivity contribution in [3.05, 3.63) is 15.6 Å². The summed E-state index contributed by atoms with van der Waals surface area (Å²) < 4.78 is 0. The number of thiazole rings is 1. The molecule has 0 amide bonds. The van der Waals surface area contributed by atoms with E-state index in [0.29, 0.717) is 5.41 Å². The Hall–Kier alpha value is -0.410. The highest BCUT2D eigenvalue weighted by atomic mass is 32.1. The van der Waals surface area contributed by atoms with Crippen molar-refractivity contribution in [1.29, 1.82) is 0 Å². The smallest absolute Gasteiger partial charge is 0.113 e. The Morgan fingerprint density at radius 1 is 1.31 bits per heavy atom. The Bertz CT molecular complexity index is 392. The SMILES string of the molecule is CC1(C(C)(N)c2nc3c(s2)CCCC3)CC1. The Kier molecular flexibility index (Phi) is 2.21. The van der Waals surface area contributed by atoms with E-state index in [1.807, 2.05) is 11.3 Å². The summed E-state index contributed by atoms with van der Waals surface area (Å²) in [5, 5.41) is 1.18. The fourth-order valence-corrected chi connectivity index (χ4v) is 3.90. The van der Waals surface area contributed by atoms with Gasteiger partial charge in [0, 0.05) is 4.88 Å². The first-order valence-electron chi connectivity index (χ1n) is 6.31. The predicted octanol–water partition coefficient (Wildman–Crippen LogP) is 3.00. The minimum atomic E-state index is -0.213. The number of hydrogen-bond acceptors (Lipinski definition) is 3. The molecule has 1 aromatic rings. The molecule has 1 saturated carbocycles. The van der Waals surface area contributed by atoms with E-state index in [2.05, 4.69) is 13.8 Å². The monoisotopic (exact) mass is 236 g/mol. The van der Waals surface area contributed by atoms with Gasteiger partial charge in [-0.1, -0.05) is 6.92 Å². The van der Waals surface area contributed by atoms with Crippen molar-refractivity contribution in [2.24, 2.45) is 11.1 Å². The van der Waals surface area contributed by atoms with Gasteiger partial charge in [0.05, 0.1) is 11.2 Å². The van der Waals surface area contributed by atoms with Gasteiger partial charge in [0.15, 0.2) is 0 Å². The Morgan fingerprint density at radius 3 is 2.62 bits per heavy atom. The van der Waals surface area contributed by atoms with Crippen LogP contribution in [0.1, 0.15) is 55.1 Å². The van der Waals surface area contributed by atoms with Crippen LogP contribution < -0.4 is 5.73 Å². The number of nitrogens with zero attached hydrogens (tertiary/aromatic N) is 1. The highest BCUT2D eigenvalue weighted by Gasteiger charge is 2.53. The average Bonchev–Trinajstić information content (AvgIpc) is 2.87. The van der Waals surface area contributed by atoms with Gasteiger partial charge in [0.2, 0.25) is 0 Å². The van der Waals surface area contributed by atoms with Gasteiger partial charge >= 0.3 is 0 Å². The van der Waals surface area contributed by atoms with Crippen molar-refractivity contribution in [1.82, 2.24) is 4.98 Å². The van der Waals surface area contributed by atoms with Gasteiger partial charge in [-0.3, -0.25) is 0 Å². The van der Waals surface area contributed by atoms with E-state index in [4.69, 9.17) is 10.7 Å². The molecule has 2 aliphatic rings. The van der Waals surface area contributed by atoms with Crippen molar-refractivity contribution in [3.8, 4) is 0 Å². The average molecular weight is 236 g/mol. The molecule has 1 heterocycles. The number of aromatic nitrogens is 1. The molecule has 0 saturated heterocycles. The molecular weight excluding hydrogens is 216 g/mol. The molecule has 2 N–H and O–H groups in total. The third-order valence-electron chi connectivity index (χ3n) is 4.54. The van der Waals surface area contributed by atoms with Crippen LogP contribution in [0.5, 0.6) is 0 Å². The van der Waals surface area contributed by atoms with Crippen molar-refractivity contribution in [2.45, 2.75) is 57.9 Å². The van der Waals surface area contributed by atoms with E-state index in [0.717, 1.165) is 0 Å². The number of rotatable bonds is 2. The fourth-order valence-electron chi connectivity index (χ4n) is 2.54. The molecule has 3 heteroatoms. The van der Waals surface area contributed by atoms with Crippen LogP contribution >= 0.6 is 11.3 Å². The molecule has 88 valence electrons. The normalized spacial score (nSPS) is 25.9. The van der Waals surface area contributed by atoms with Gasteiger partial charge in [-0.15, -0.1) is 11.3 Å². The molecule has 2 nitrogen and oxygen atoms in total. The maximum Gasteiger partial charge on any atom is 0.113 e. The Morgan fingerprint density at radius 2 is 2.00 bits per heavy atom. The van der Waals surface area contributed by atoms with Crippen LogP contribution in [0.4, 0.5) is 0 Å². The van der Waals surface area contributed by atoms with Gasteiger partial charge < -0.3 is 5.73 Å². The lowest BCUT2D eigenvalue weighted by molar-refractivity contribution is 0.299. The van der Waals surface area contributed by atoms with Crippen LogP contribution in [0.25, 0.3) is 0 Å². The number of aryl methyl sites for hydroxylation is 2. The van der Waals surface area contributed by atoms with Crippen LogP contribution in [-0.4, -0.2) is 4.98 Å². The van der Waals surface area contributed by atoms with E-state index in [1.165, 1.54) is 54.1 Å². The summed E-state index contributed by atoms with van der Waals surface area (Å²) in [6.07, 6.45) is 7.52. The summed E-state index contributed by atoms with van der Waals surface area (Å²) in [6.45, 7) is 4.47. The van der Waals surface area contributed by atoms with Crippen LogP contribution in [-0.2, 0) is 18.4 Å². The third-order valence-corrected chi connectivity index (χ3v) is 5.94. The summed E-state index contributed by atoms with van der Waals surface area (Å²) in [6, 6.07) is 0. The van der Waals surface area contributed by atoms with Gasteiger partial charge in [-0.25, -0.2) is 4.98 Å². The Balaban J connectivity index is 1.97. The van der Waals surface area contributed by atoms with E-state index in [-0.39, 0.29) is 5.54 Å². The van der Waals surface area contributed by atoms with Crippen LogP contribution in [0, 0.1) is 5.41 Å². The molecule has 1 fully saturated rings. The molecular formula is C13H20N2S. The van der Waals surface area contributed by atoms with Crippen LogP contribution in [0.2, 0.25) is 0 Å². The van der Waals surface area contributed by atoms with Crippen LogP contribution in [0.15, 0.2) is 0 Å². The molecule has 1 aromatic heterocycles. The molecule has 2 aliphatic carbocycles. The highest BCUT2D eigenvalue weighted by Crippen LogP contribution is 2.57. The molecule has 16 heavy (non-hydrogen) atoms. The number of fused-ring (bicyclic) bond motifs is 1. The molecule has 3 rings (SSSR count). The first-order valence-corrected chi connectivity index (χ1v) is 7.12. The lowest BCUT2D eigenvalue weighted by Gasteiger charge is -2.29. The van der Waals surface area contributed by atoms with Crippen molar-refractivity contribution >= 4 is 11.3 Å². The van der Waals surface area contributed by atoms with Crippen molar-refractivity contribution in [2.75, 3.05) is 0 Å². The maximum atomic E-state index is 6.54. The quantitative estimate of drug-likeness (QED) is 0.857. The second kappa shape index (κ2) is 3.30. The standard InChI is InChI=1S/C13H20N2S/c1-12(7-8-12)13(2,14)11-15-9-5-3-4-6-10(9)16-11/h3-8,14H2,1-2H3. The van der Waals surface area contributed by atoms with Gasteiger partial charge in [0.1, 0.15) is 5.01 Å². The lowest BCUT2D eigenvalue weighted by atomic mass is 9.85. The van der Waals surface area contributed by atoms with Gasteiger partial charge in [-0.2, -0.15) is 0 Å². The maximum absolute atomic E-state index is 6.54. The largest absolute Gasteiger partial charge is 0.319 e. The van der Waals surface area contributed by atoms with Crippen molar-refractivity contribution in [3.63, 3.8) is 0 Å². The summed E-state index contributed by atoms with van der Waals surface area (Å²) >= 11 is 1.87. The zero-order valence-electron chi connectivity index (χ0n) is 10.2. The minimum absolute atomic E-state index is 0.213. The van der Waals surface area contributed by atoms with E-state index in [9.17, 15) is 0 Å². The molecule has 1 atom stereocenters. The van der Waals surface area contributed by atoms with Gasteiger partial charge in [-0.05, 0) is 50.9 Å². The summed E-state index contributed by atoms with van der Waals surface area (Å²) in [5.74, 6) is 0. The highest BCUT2D eigenvalue weighted by molar-refractivity contribution is 7.11. The minimum Gasteiger partial charge on any atom is -0.319 e.